The summed E-state index contributed by atoms with van der Waals surface area (Å²) in [5, 5.41) is 0. The van der Waals surface area contributed by atoms with Gasteiger partial charge in [0.15, 0.2) is 0 Å². The predicted octanol–water partition coefficient (Wildman–Crippen LogP) is 1.56. The molecular weight excluding hydrogens is 156 g/mol. The molecule has 0 amide bonds. The fourth-order valence-electron chi connectivity index (χ4n) is 0.701. The van der Waals surface area contributed by atoms with E-state index in [4.69, 9.17) is 4.74 Å². The monoisotopic (exact) mass is 164 g/mol. The first-order valence-electron chi connectivity index (χ1n) is 2.61. The van der Waals surface area contributed by atoms with Gasteiger partial charge in [-0.15, -0.1) is 0 Å². The van der Waals surface area contributed by atoms with Gasteiger partial charge in [0, 0.05) is 11.4 Å². The fraction of sp³-hybridized carbons (Fsp3) is 1.00. The Balaban J connectivity index is 2.12. The first-order chi connectivity index (χ1) is 3.39. The van der Waals surface area contributed by atoms with Crippen LogP contribution in [-0.2, 0) is 4.74 Å². The molecule has 0 unspecified atom stereocenters. The van der Waals surface area contributed by atoms with E-state index in [-0.39, 0.29) is 0 Å². The van der Waals surface area contributed by atoms with Crippen LogP contribution in [0, 0.1) is 0 Å². The molecule has 0 N–H and O–H groups in total. The van der Waals surface area contributed by atoms with Crippen molar-refractivity contribution in [3.8, 4) is 0 Å². The number of hydrogen-bond acceptors (Lipinski definition) is 1. The molecule has 1 aliphatic heterocycles. The number of hydrogen-bond donors (Lipinski definition) is 0. The molecule has 0 aromatic heterocycles. The molecule has 0 aromatic carbocycles. The minimum atomic E-state index is 0.626. The van der Waals surface area contributed by atoms with Crippen LogP contribution in [0.5, 0.6) is 0 Å². The lowest BCUT2D eigenvalue weighted by atomic mass is 10.2. The van der Waals surface area contributed by atoms with E-state index in [1.807, 2.05) is 0 Å². The molecule has 2 heteroatoms. The summed E-state index contributed by atoms with van der Waals surface area (Å²) in [5.41, 5.74) is 0. The van der Waals surface area contributed by atoms with Gasteiger partial charge in [-0.3, -0.25) is 0 Å². The topological polar surface area (TPSA) is 9.23 Å². The highest BCUT2D eigenvalue weighted by molar-refractivity contribution is 9.09. The van der Waals surface area contributed by atoms with Crippen molar-refractivity contribution in [2.45, 2.75) is 17.7 Å². The van der Waals surface area contributed by atoms with E-state index in [0.29, 0.717) is 4.83 Å². The molecule has 1 fully saturated rings. The lowest BCUT2D eigenvalue weighted by Crippen LogP contribution is -2.15. The molecule has 1 saturated heterocycles. The lowest BCUT2D eigenvalue weighted by Gasteiger charge is -2.15. The minimum Gasteiger partial charge on any atom is -0.380 e. The largest absolute Gasteiger partial charge is 0.380 e. The van der Waals surface area contributed by atoms with Crippen LogP contribution in [0.4, 0.5) is 0 Å². The maximum absolute atomic E-state index is 5.13. The molecule has 0 aliphatic carbocycles. The van der Waals surface area contributed by atoms with E-state index in [0.717, 1.165) is 13.2 Å². The molecule has 42 valence electrons. The molecule has 0 radical (unpaired) electrons. The van der Waals surface area contributed by atoms with E-state index in [1.54, 1.807) is 0 Å². The van der Waals surface area contributed by atoms with Crippen LogP contribution in [0.25, 0.3) is 0 Å². The maximum Gasteiger partial charge on any atom is 0.0591 e. The van der Waals surface area contributed by atoms with Gasteiger partial charge in [0.25, 0.3) is 0 Å². The molecule has 0 spiro atoms. The van der Waals surface area contributed by atoms with Gasteiger partial charge in [-0.1, -0.05) is 15.9 Å². The van der Waals surface area contributed by atoms with Crippen LogP contribution in [0.1, 0.15) is 12.8 Å². The molecule has 0 bridgehead atoms. The van der Waals surface area contributed by atoms with E-state index < -0.39 is 0 Å². The summed E-state index contributed by atoms with van der Waals surface area (Å²) in [7, 11) is 0. The Morgan fingerprint density at radius 2 is 2.43 bits per heavy atom. The van der Waals surface area contributed by atoms with Crippen LogP contribution in [0.2, 0.25) is 0 Å². The number of rotatable bonds is 0. The van der Waals surface area contributed by atoms with E-state index >= 15 is 0 Å². The third-order valence-electron chi connectivity index (χ3n) is 1.10. The Bertz CT molecular complexity index is 50.0. The normalized spacial score (nSPS) is 33.0. The fourth-order valence-corrected chi connectivity index (χ4v) is 1.21. The van der Waals surface area contributed by atoms with Crippen molar-refractivity contribution < 1.29 is 4.74 Å². The van der Waals surface area contributed by atoms with E-state index in [9.17, 15) is 0 Å². The summed E-state index contributed by atoms with van der Waals surface area (Å²) in [6.07, 6.45) is 2.50. The van der Waals surface area contributed by atoms with Crippen LogP contribution in [-0.4, -0.2) is 18.0 Å². The third-order valence-corrected chi connectivity index (χ3v) is 1.83. The molecule has 1 rings (SSSR count). The van der Waals surface area contributed by atoms with Gasteiger partial charge in [-0.05, 0) is 12.8 Å². The Labute approximate surface area is 52.2 Å². The highest BCUT2D eigenvalue weighted by Crippen LogP contribution is 2.12. The Morgan fingerprint density at radius 1 is 1.57 bits per heavy atom. The standard InChI is InChI=1S/C5H9BrO/c6-5-2-1-3-7-4-5/h5H,1-4H2/t5-/m0/s1. The van der Waals surface area contributed by atoms with Crippen molar-refractivity contribution in [1.82, 2.24) is 0 Å². The summed E-state index contributed by atoms with van der Waals surface area (Å²) >= 11 is 3.46. The maximum atomic E-state index is 5.13. The quantitative estimate of drug-likeness (QED) is 0.495. The average Bonchev–Trinajstić information content (AvgIpc) is 1.69. The lowest BCUT2D eigenvalue weighted by molar-refractivity contribution is 0.103. The second kappa shape index (κ2) is 2.68. The van der Waals surface area contributed by atoms with Crippen LogP contribution in [0.3, 0.4) is 0 Å². The molecule has 1 nitrogen and oxygen atoms in total. The zero-order chi connectivity index (χ0) is 5.11. The van der Waals surface area contributed by atoms with Gasteiger partial charge < -0.3 is 4.74 Å². The predicted molar refractivity (Wildman–Crippen MR) is 32.8 cm³/mol. The van der Waals surface area contributed by atoms with Crippen LogP contribution >= 0.6 is 15.9 Å². The zero-order valence-corrected chi connectivity index (χ0v) is 5.78. The van der Waals surface area contributed by atoms with Crippen LogP contribution in [0.15, 0.2) is 0 Å². The SMILES string of the molecule is Br[C@H]1CCCOC1. The van der Waals surface area contributed by atoms with Crippen LogP contribution < -0.4 is 0 Å². The van der Waals surface area contributed by atoms with Gasteiger partial charge in [-0.25, -0.2) is 0 Å². The van der Waals surface area contributed by atoms with Gasteiger partial charge in [0.2, 0.25) is 0 Å². The highest BCUT2D eigenvalue weighted by atomic mass is 79.9. The highest BCUT2D eigenvalue weighted by Gasteiger charge is 2.07. The zero-order valence-electron chi connectivity index (χ0n) is 4.19. The average molecular weight is 165 g/mol. The second-order valence-corrected chi connectivity index (χ2v) is 3.11. The Kier molecular flexibility index (Phi) is 2.13. The summed E-state index contributed by atoms with van der Waals surface area (Å²) < 4.78 is 5.13. The molecule has 7 heavy (non-hydrogen) atoms. The van der Waals surface area contributed by atoms with E-state index in [2.05, 4.69) is 15.9 Å². The Hall–Kier alpha value is 0.440. The smallest absolute Gasteiger partial charge is 0.0591 e. The minimum absolute atomic E-state index is 0.626. The summed E-state index contributed by atoms with van der Waals surface area (Å²) in [5.74, 6) is 0. The molecule has 1 aliphatic rings. The van der Waals surface area contributed by atoms with Gasteiger partial charge in [-0.2, -0.15) is 0 Å². The molecule has 0 saturated carbocycles. The van der Waals surface area contributed by atoms with Gasteiger partial charge in [0.1, 0.15) is 0 Å². The summed E-state index contributed by atoms with van der Waals surface area (Å²) in [6.45, 7) is 1.86. The first kappa shape index (κ1) is 5.57. The second-order valence-electron chi connectivity index (χ2n) is 1.81. The van der Waals surface area contributed by atoms with E-state index in [1.165, 1.54) is 12.8 Å². The van der Waals surface area contributed by atoms with Crippen molar-refractivity contribution >= 4 is 15.9 Å². The number of halogens is 1. The molecule has 1 atom stereocenters. The molecule has 1 heterocycles. The first-order valence-corrected chi connectivity index (χ1v) is 3.53. The van der Waals surface area contributed by atoms with Crippen molar-refractivity contribution in [3.63, 3.8) is 0 Å². The third kappa shape index (κ3) is 1.78. The van der Waals surface area contributed by atoms with Gasteiger partial charge >= 0.3 is 0 Å². The number of alkyl halides is 1. The van der Waals surface area contributed by atoms with Crippen molar-refractivity contribution in [2.75, 3.05) is 13.2 Å². The summed E-state index contributed by atoms with van der Waals surface area (Å²) in [4.78, 5) is 0.626. The van der Waals surface area contributed by atoms with Crippen molar-refractivity contribution in [2.24, 2.45) is 0 Å². The van der Waals surface area contributed by atoms with Crippen molar-refractivity contribution in [1.29, 1.82) is 0 Å². The molecular formula is C5H9BrO. The summed E-state index contributed by atoms with van der Waals surface area (Å²) in [6, 6.07) is 0. The number of ether oxygens (including phenoxy) is 1. The Morgan fingerprint density at radius 3 is 2.71 bits per heavy atom. The van der Waals surface area contributed by atoms with Crippen molar-refractivity contribution in [3.05, 3.63) is 0 Å². The molecule has 0 aromatic rings. The van der Waals surface area contributed by atoms with Gasteiger partial charge in [0.05, 0.1) is 6.61 Å².